The zero-order valence-corrected chi connectivity index (χ0v) is 16.5. The van der Waals surface area contributed by atoms with Gasteiger partial charge in [-0.3, -0.25) is 24.1 Å². The molecule has 7 nitrogen and oxygen atoms in total. The summed E-state index contributed by atoms with van der Waals surface area (Å²) in [4.78, 5) is 48.3. The van der Waals surface area contributed by atoms with Crippen molar-refractivity contribution in [2.75, 3.05) is 7.11 Å². The average molecular weight is 366 g/mol. The third kappa shape index (κ3) is 6.31. The number of amides is 3. The molecule has 0 aromatic carbocycles. The Kier molecular flexibility index (Phi) is 13.3. The number of carbonyl (C=O) groups excluding carboxylic acids is 4. The summed E-state index contributed by atoms with van der Waals surface area (Å²) in [5.74, 6) is -2.67. The van der Waals surface area contributed by atoms with Crippen LogP contribution in [-0.2, 0) is 23.9 Å². The van der Waals surface area contributed by atoms with Gasteiger partial charge < -0.3 is 10.5 Å². The molecule has 1 unspecified atom stereocenters. The Balaban J connectivity index is 0. The number of allylic oxidation sites excluding steroid dienone is 3. The molecule has 0 aromatic heterocycles. The van der Waals surface area contributed by atoms with Gasteiger partial charge in [-0.15, -0.1) is 0 Å². The van der Waals surface area contributed by atoms with Crippen LogP contribution in [0, 0.1) is 0 Å². The molecule has 0 saturated carbocycles. The predicted octanol–water partition coefficient (Wildman–Crippen LogP) is 2.27. The van der Waals surface area contributed by atoms with Crippen LogP contribution in [-0.4, -0.2) is 41.7 Å². The molecule has 1 fully saturated rings. The van der Waals surface area contributed by atoms with E-state index in [4.69, 9.17) is 5.73 Å². The topological polar surface area (TPSA) is 107 Å². The molecule has 1 rings (SSSR count). The number of likely N-dealkylation sites (tertiary alicyclic amines) is 1. The fourth-order valence-electron chi connectivity index (χ4n) is 2.18. The van der Waals surface area contributed by atoms with Crippen molar-refractivity contribution in [1.82, 2.24) is 4.90 Å². The van der Waals surface area contributed by atoms with Crippen molar-refractivity contribution in [3.63, 3.8) is 0 Å². The van der Waals surface area contributed by atoms with Gasteiger partial charge in [0.2, 0.25) is 5.91 Å². The number of nitrogens with two attached hydrogens (primary N) is 1. The summed E-state index contributed by atoms with van der Waals surface area (Å²) in [5.41, 5.74) is 5.60. The maximum atomic E-state index is 12.4. The number of carbonyl (C=O) groups is 4. The summed E-state index contributed by atoms with van der Waals surface area (Å²) in [6.45, 7) is 13.1. The lowest BCUT2D eigenvalue weighted by Gasteiger charge is -2.22. The van der Waals surface area contributed by atoms with Crippen LogP contribution in [0.1, 0.15) is 47.5 Å². The smallest absolute Gasteiger partial charge is 0.305 e. The third-order valence-corrected chi connectivity index (χ3v) is 3.25. The molecule has 0 aromatic rings. The highest BCUT2D eigenvalue weighted by Crippen LogP contribution is 2.28. The minimum absolute atomic E-state index is 0.0855. The summed E-state index contributed by atoms with van der Waals surface area (Å²) < 4.78 is 4.48. The van der Waals surface area contributed by atoms with Crippen molar-refractivity contribution >= 4 is 23.7 Å². The van der Waals surface area contributed by atoms with E-state index in [-0.39, 0.29) is 24.0 Å². The number of hydrogen-bond donors (Lipinski definition) is 1. The quantitative estimate of drug-likeness (QED) is 0.441. The molecule has 1 heterocycles. The average Bonchev–Trinajstić information content (AvgIpc) is 2.89. The molecule has 7 heteroatoms. The van der Waals surface area contributed by atoms with Gasteiger partial charge in [0.05, 0.1) is 12.7 Å². The van der Waals surface area contributed by atoms with E-state index >= 15 is 0 Å². The van der Waals surface area contributed by atoms with Crippen LogP contribution in [0.4, 0.5) is 0 Å². The van der Waals surface area contributed by atoms with Crippen LogP contribution < -0.4 is 5.73 Å². The van der Waals surface area contributed by atoms with Crippen LogP contribution in [0.3, 0.4) is 0 Å². The van der Waals surface area contributed by atoms with Gasteiger partial charge >= 0.3 is 5.97 Å². The Morgan fingerprint density at radius 1 is 1.15 bits per heavy atom. The van der Waals surface area contributed by atoms with Gasteiger partial charge in [0.1, 0.15) is 6.04 Å². The highest BCUT2D eigenvalue weighted by Gasteiger charge is 2.44. The van der Waals surface area contributed by atoms with E-state index in [9.17, 15) is 19.2 Å². The molecule has 1 saturated heterocycles. The molecular formula is C19H30N2O5. The summed E-state index contributed by atoms with van der Waals surface area (Å²) in [7, 11) is 1.20. The molecule has 146 valence electrons. The second kappa shape index (κ2) is 13.6. The number of hydrogen-bond acceptors (Lipinski definition) is 5. The molecule has 0 spiro atoms. The largest absolute Gasteiger partial charge is 0.469 e. The van der Waals surface area contributed by atoms with E-state index in [2.05, 4.69) is 11.3 Å². The van der Waals surface area contributed by atoms with Crippen LogP contribution in [0.2, 0.25) is 0 Å². The van der Waals surface area contributed by atoms with Crippen molar-refractivity contribution < 1.29 is 23.9 Å². The lowest BCUT2D eigenvalue weighted by molar-refractivity contribution is -0.147. The van der Waals surface area contributed by atoms with E-state index in [0.717, 1.165) is 4.90 Å². The van der Waals surface area contributed by atoms with Gasteiger partial charge in [-0.25, -0.2) is 0 Å². The molecule has 1 atom stereocenters. The lowest BCUT2D eigenvalue weighted by Crippen LogP contribution is -2.48. The third-order valence-electron chi connectivity index (χ3n) is 3.25. The number of methoxy groups -OCH3 is 1. The minimum atomic E-state index is -1.20. The predicted molar refractivity (Wildman–Crippen MR) is 101 cm³/mol. The maximum absolute atomic E-state index is 12.4. The van der Waals surface area contributed by atoms with Crippen LogP contribution >= 0.6 is 0 Å². The van der Waals surface area contributed by atoms with Gasteiger partial charge in [-0.05, 0) is 19.4 Å². The van der Waals surface area contributed by atoms with Crippen LogP contribution in [0.25, 0.3) is 0 Å². The summed E-state index contributed by atoms with van der Waals surface area (Å²) in [6, 6.07) is -1.20. The van der Waals surface area contributed by atoms with Crippen molar-refractivity contribution in [2.24, 2.45) is 5.73 Å². The number of esters is 1. The Bertz CT molecular complexity index is 591. The summed E-state index contributed by atoms with van der Waals surface area (Å²) >= 11 is 0. The van der Waals surface area contributed by atoms with E-state index in [1.807, 2.05) is 27.7 Å². The Morgan fingerprint density at radius 2 is 1.65 bits per heavy atom. The summed E-state index contributed by atoms with van der Waals surface area (Å²) in [5, 5.41) is 0. The normalized spacial score (nSPS) is 17.1. The SMILES string of the molecule is C=C/C=C1/C(=O)N(C(CCC(=O)OC)C(N)=O)C(=O)/C1=C/C.CC.CC. The first kappa shape index (κ1) is 25.5. The number of primary amides is 1. The van der Waals surface area contributed by atoms with E-state index in [1.54, 1.807) is 6.92 Å². The first-order valence-electron chi connectivity index (χ1n) is 8.62. The Labute approximate surface area is 155 Å². The molecule has 26 heavy (non-hydrogen) atoms. The molecule has 2 N–H and O–H groups in total. The van der Waals surface area contributed by atoms with Gasteiger partial charge in [0.15, 0.2) is 0 Å². The Morgan fingerprint density at radius 3 is 2.04 bits per heavy atom. The maximum Gasteiger partial charge on any atom is 0.305 e. The monoisotopic (exact) mass is 366 g/mol. The highest BCUT2D eigenvalue weighted by atomic mass is 16.5. The van der Waals surface area contributed by atoms with Gasteiger partial charge in [-0.1, -0.05) is 46.4 Å². The Hall–Kier alpha value is -2.70. The van der Waals surface area contributed by atoms with Crippen molar-refractivity contribution in [2.45, 2.75) is 53.5 Å². The molecule has 0 bridgehead atoms. The molecule has 1 aliphatic heterocycles. The zero-order chi connectivity index (χ0) is 20.9. The number of ether oxygens (including phenoxy) is 1. The standard InChI is InChI=1S/C15H18N2O5.2C2H6/c1-4-6-10-9(5-2)14(20)17(15(10)21)11(13(16)19)7-8-12(18)22-3;2*1-2/h4-6,11H,1,7-8H2,2-3H3,(H2,16,19);2*1-2H3/b9-5+,10-6+;;. The molecule has 0 aliphatic carbocycles. The fraction of sp³-hybridized carbons (Fsp3) is 0.474. The first-order valence-corrected chi connectivity index (χ1v) is 8.62. The summed E-state index contributed by atoms with van der Waals surface area (Å²) in [6.07, 6.45) is 4.04. The van der Waals surface area contributed by atoms with Crippen molar-refractivity contribution in [1.29, 1.82) is 0 Å². The van der Waals surface area contributed by atoms with Crippen molar-refractivity contribution in [3.8, 4) is 0 Å². The lowest BCUT2D eigenvalue weighted by atomic mass is 10.1. The van der Waals surface area contributed by atoms with E-state index in [1.165, 1.54) is 25.3 Å². The van der Waals surface area contributed by atoms with Crippen LogP contribution in [0.15, 0.2) is 36.0 Å². The fourth-order valence-corrected chi connectivity index (χ4v) is 2.18. The minimum Gasteiger partial charge on any atom is -0.469 e. The number of rotatable bonds is 6. The second-order valence-electron chi connectivity index (χ2n) is 4.53. The van der Waals surface area contributed by atoms with Crippen LogP contribution in [0.5, 0.6) is 0 Å². The van der Waals surface area contributed by atoms with Gasteiger partial charge in [0, 0.05) is 12.0 Å². The number of nitrogens with zero attached hydrogens (tertiary/aromatic N) is 1. The second-order valence-corrected chi connectivity index (χ2v) is 4.53. The zero-order valence-electron chi connectivity index (χ0n) is 16.5. The van der Waals surface area contributed by atoms with Gasteiger partial charge in [0.25, 0.3) is 11.8 Å². The molecule has 3 amide bonds. The van der Waals surface area contributed by atoms with Crippen molar-refractivity contribution in [3.05, 3.63) is 36.0 Å². The highest BCUT2D eigenvalue weighted by molar-refractivity contribution is 6.25. The molecule has 0 radical (unpaired) electrons. The molecule has 1 aliphatic rings. The van der Waals surface area contributed by atoms with E-state index in [0.29, 0.717) is 0 Å². The van der Waals surface area contributed by atoms with Gasteiger partial charge in [-0.2, -0.15) is 0 Å². The van der Waals surface area contributed by atoms with E-state index < -0.39 is 29.7 Å². The molecular weight excluding hydrogens is 336 g/mol. The first-order chi connectivity index (χ1) is 12.4. The number of imide groups is 1.